The number of nitrogens with one attached hydrogen (secondary N) is 1. The van der Waals surface area contributed by atoms with E-state index < -0.39 is 0 Å². The van der Waals surface area contributed by atoms with Gasteiger partial charge in [-0.1, -0.05) is 0 Å². The van der Waals surface area contributed by atoms with Crippen LogP contribution in [0, 0.1) is 11.8 Å². The van der Waals surface area contributed by atoms with Crippen molar-refractivity contribution in [3.63, 3.8) is 0 Å². The van der Waals surface area contributed by atoms with Gasteiger partial charge in [0.25, 0.3) is 11.8 Å². The monoisotopic (exact) mass is 343 g/mol. The number of hydrogen-bond acceptors (Lipinski definition) is 3. The average Bonchev–Trinajstić information content (AvgIpc) is 3.00. The summed E-state index contributed by atoms with van der Waals surface area (Å²) in [7, 11) is 0. The number of carbonyl (C=O) groups excluding carboxylic acids is 2. The van der Waals surface area contributed by atoms with Crippen molar-refractivity contribution in [1.29, 1.82) is 0 Å². The Morgan fingerprint density at radius 1 is 1.00 bits per heavy atom. The third-order valence-corrected chi connectivity index (χ3v) is 5.74. The van der Waals surface area contributed by atoms with E-state index in [0.717, 1.165) is 39.0 Å². The van der Waals surface area contributed by atoms with Crippen molar-refractivity contribution in [2.75, 3.05) is 39.3 Å². The van der Waals surface area contributed by atoms with Gasteiger partial charge in [0, 0.05) is 37.3 Å². The van der Waals surface area contributed by atoms with E-state index in [0.29, 0.717) is 36.1 Å². The normalized spacial score (nSPS) is 23.0. The molecule has 1 N–H and O–H groups in total. The molecule has 2 atom stereocenters. The van der Waals surface area contributed by atoms with E-state index in [-0.39, 0.29) is 11.8 Å². The molecule has 0 spiro atoms. The maximum Gasteiger partial charge on any atom is 0.253 e. The van der Waals surface area contributed by atoms with Crippen LogP contribution in [0.15, 0.2) is 24.3 Å². The van der Waals surface area contributed by atoms with Crippen molar-refractivity contribution < 1.29 is 9.59 Å². The second kappa shape index (κ2) is 8.00. The van der Waals surface area contributed by atoms with Gasteiger partial charge in [0.05, 0.1) is 0 Å². The van der Waals surface area contributed by atoms with E-state index in [1.807, 2.05) is 18.7 Å². The predicted octanol–water partition coefficient (Wildman–Crippen LogP) is 2.24. The average molecular weight is 343 g/mol. The van der Waals surface area contributed by atoms with Gasteiger partial charge in [-0.3, -0.25) is 9.59 Å². The summed E-state index contributed by atoms with van der Waals surface area (Å²) in [6, 6.07) is 7.16. The third-order valence-electron chi connectivity index (χ3n) is 5.74. The van der Waals surface area contributed by atoms with Crippen molar-refractivity contribution in [2.24, 2.45) is 11.8 Å². The minimum atomic E-state index is 0.0269. The van der Waals surface area contributed by atoms with Crippen molar-refractivity contribution in [3.8, 4) is 0 Å². The lowest BCUT2D eigenvalue weighted by atomic mass is 9.92. The Balaban J connectivity index is 1.65. The summed E-state index contributed by atoms with van der Waals surface area (Å²) in [5.74, 6) is 1.55. The fourth-order valence-electron chi connectivity index (χ4n) is 4.05. The van der Waals surface area contributed by atoms with Crippen LogP contribution in [0.1, 0.15) is 47.4 Å². The van der Waals surface area contributed by atoms with Gasteiger partial charge in [-0.05, 0) is 75.9 Å². The lowest BCUT2D eigenvalue weighted by molar-refractivity contribution is 0.0751. The minimum Gasteiger partial charge on any atom is -0.339 e. The maximum atomic E-state index is 12.8. The van der Waals surface area contributed by atoms with Crippen LogP contribution in [0.4, 0.5) is 0 Å². The second-order valence-electron chi connectivity index (χ2n) is 7.10. The molecule has 1 aromatic carbocycles. The molecule has 2 amide bonds. The largest absolute Gasteiger partial charge is 0.339 e. The Hall–Kier alpha value is -1.88. The molecule has 2 saturated heterocycles. The quantitative estimate of drug-likeness (QED) is 0.912. The standard InChI is InChI=1S/C20H29N3O2/c1-3-22(4-2)19(24)15-5-7-16(8-6-15)20(25)23-11-9-17-13-21-14-18(17)10-12-23/h5-8,17-18,21H,3-4,9-14H2,1-2H3/t17-,18+. The molecule has 2 aliphatic heterocycles. The number of likely N-dealkylation sites (tertiary alicyclic amines) is 1. The molecule has 0 aliphatic carbocycles. The molecule has 5 nitrogen and oxygen atoms in total. The highest BCUT2D eigenvalue weighted by molar-refractivity contribution is 5.97. The first-order valence-corrected chi connectivity index (χ1v) is 9.53. The number of benzene rings is 1. The number of rotatable bonds is 4. The maximum absolute atomic E-state index is 12.8. The Kier molecular flexibility index (Phi) is 5.74. The zero-order chi connectivity index (χ0) is 17.8. The Bertz CT molecular complexity index is 596. The Labute approximate surface area is 150 Å². The van der Waals surface area contributed by atoms with E-state index in [2.05, 4.69) is 5.32 Å². The minimum absolute atomic E-state index is 0.0269. The number of hydrogen-bond donors (Lipinski definition) is 1. The van der Waals surface area contributed by atoms with Gasteiger partial charge in [-0.15, -0.1) is 0 Å². The van der Waals surface area contributed by atoms with Crippen molar-refractivity contribution in [2.45, 2.75) is 26.7 Å². The van der Waals surface area contributed by atoms with Crippen LogP contribution in [-0.2, 0) is 0 Å². The van der Waals surface area contributed by atoms with Crippen LogP contribution < -0.4 is 5.32 Å². The molecule has 2 fully saturated rings. The predicted molar refractivity (Wildman–Crippen MR) is 98.7 cm³/mol. The summed E-state index contributed by atoms with van der Waals surface area (Å²) in [6.07, 6.45) is 2.17. The number of fused-ring (bicyclic) bond motifs is 1. The lowest BCUT2D eigenvalue weighted by Crippen LogP contribution is -2.33. The van der Waals surface area contributed by atoms with Crippen LogP contribution >= 0.6 is 0 Å². The number of amides is 2. The van der Waals surface area contributed by atoms with Crippen LogP contribution in [0.25, 0.3) is 0 Å². The van der Waals surface area contributed by atoms with E-state index in [1.165, 1.54) is 0 Å². The topological polar surface area (TPSA) is 52.7 Å². The highest BCUT2D eigenvalue weighted by Gasteiger charge is 2.31. The fraction of sp³-hybridized carbons (Fsp3) is 0.600. The zero-order valence-electron chi connectivity index (χ0n) is 15.3. The van der Waals surface area contributed by atoms with E-state index in [9.17, 15) is 9.59 Å². The summed E-state index contributed by atoms with van der Waals surface area (Å²) in [5.41, 5.74) is 1.33. The number of carbonyl (C=O) groups is 2. The highest BCUT2D eigenvalue weighted by atomic mass is 16.2. The molecule has 0 unspecified atom stereocenters. The smallest absolute Gasteiger partial charge is 0.253 e. The summed E-state index contributed by atoms with van der Waals surface area (Å²) in [5, 5.41) is 3.46. The first-order chi connectivity index (χ1) is 12.1. The zero-order valence-corrected chi connectivity index (χ0v) is 15.3. The first-order valence-electron chi connectivity index (χ1n) is 9.53. The van der Waals surface area contributed by atoms with E-state index >= 15 is 0 Å². The Morgan fingerprint density at radius 2 is 1.52 bits per heavy atom. The molecule has 0 bridgehead atoms. The van der Waals surface area contributed by atoms with E-state index in [1.54, 1.807) is 29.2 Å². The number of nitrogens with zero attached hydrogens (tertiary/aromatic N) is 2. The SMILES string of the molecule is CCN(CC)C(=O)c1ccc(C(=O)N2CC[C@@H]3CNC[C@@H]3CC2)cc1. The molecule has 0 radical (unpaired) electrons. The van der Waals surface area contributed by atoms with Crippen LogP contribution in [0.3, 0.4) is 0 Å². The molecule has 5 heteroatoms. The fourth-order valence-corrected chi connectivity index (χ4v) is 4.05. The second-order valence-corrected chi connectivity index (χ2v) is 7.10. The van der Waals surface area contributed by atoms with Gasteiger partial charge in [0.1, 0.15) is 0 Å². The summed E-state index contributed by atoms with van der Waals surface area (Å²) in [4.78, 5) is 29.0. The van der Waals surface area contributed by atoms with Crippen molar-refractivity contribution in [3.05, 3.63) is 35.4 Å². The Morgan fingerprint density at radius 3 is 2.04 bits per heavy atom. The molecule has 3 rings (SSSR count). The highest BCUT2D eigenvalue weighted by Crippen LogP contribution is 2.27. The molecule has 0 aromatic heterocycles. The van der Waals surface area contributed by atoms with Crippen molar-refractivity contribution in [1.82, 2.24) is 15.1 Å². The molecular formula is C20H29N3O2. The molecule has 1 aromatic rings. The third kappa shape index (κ3) is 3.87. The van der Waals surface area contributed by atoms with Crippen LogP contribution in [-0.4, -0.2) is 60.9 Å². The van der Waals surface area contributed by atoms with Gasteiger partial charge in [-0.25, -0.2) is 0 Å². The van der Waals surface area contributed by atoms with Gasteiger partial charge in [0.15, 0.2) is 0 Å². The summed E-state index contributed by atoms with van der Waals surface area (Å²) in [6.45, 7) is 9.20. The molecular weight excluding hydrogens is 314 g/mol. The molecule has 0 saturated carbocycles. The van der Waals surface area contributed by atoms with Gasteiger partial charge in [0.2, 0.25) is 0 Å². The molecule has 2 aliphatic rings. The van der Waals surface area contributed by atoms with Gasteiger partial charge in [-0.2, -0.15) is 0 Å². The van der Waals surface area contributed by atoms with E-state index in [4.69, 9.17) is 0 Å². The summed E-state index contributed by atoms with van der Waals surface area (Å²) >= 11 is 0. The van der Waals surface area contributed by atoms with Gasteiger partial charge < -0.3 is 15.1 Å². The van der Waals surface area contributed by atoms with Crippen LogP contribution in [0.5, 0.6) is 0 Å². The first kappa shape index (κ1) is 17.9. The van der Waals surface area contributed by atoms with Gasteiger partial charge >= 0.3 is 0 Å². The van der Waals surface area contributed by atoms with Crippen molar-refractivity contribution >= 4 is 11.8 Å². The molecule has 2 heterocycles. The summed E-state index contributed by atoms with van der Waals surface area (Å²) < 4.78 is 0. The molecule has 136 valence electrons. The molecule has 25 heavy (non-hydrogen) atoms. The van der Waals surface area contributed by atoms with Crippen LogP contribution in [0.2, 0.25) is 0 Å². The lowest BCUT2D eigenvalue weighted by Gasteiger charge is -2.21.